The van der Waals surface area contributed by atoms with Crippen LogP contribution < -0.4 is 0 Å². The van der Waals surface area contributed by atoms with E-state index in [0.29, 0.717) is 23.5 Å². The molecule has 3 rings (SSSR count). The molecule has 0 aliphatic rings. The SMILES string of the molecule is CCOC(=O)c1cc(C(C)C)nc(Cc2ccc(-n3cnc(C)c3)c(F)c2)n1. The number of carbonyl (C=O) groups is 1. The standard InChI is InChI=1S/C21H23FN4O2/c1-5-28-21(27)18-10-17(13(2)3)24-20(25-18)9-15-6-7-19(16(22)8-15)26-11-14(4)23-12-26/h6-8,10-13H,5,9H2,1-4H3. The van der Waals surface area contributed by atoms with Crippen molar-refractivity contribution in [2.45, 2.75) is 40.0 Å². The lowest BCUT2D eigenvalue weighted by molar-refractivity contribution is 0.0518. The van der Waals surface area contributed by atoms with Gasteiger partial charge in [0.25, 0.3) is 0 Å². The molecule has 1 aromatic carbocycles. The van der Waals surface area contributed by atoms with Gasteiger partial charge >= 0.3 is 5.97 Å². The van der Waals surface area contributed by atoms with Crippen molar-refractivity contribution in [3.05, 3.63) is 71.1 Å². The number of esters is 1. The van der Waals surface area contributed by atoms with E-state index in [1.165, 1.54) is 6.07 Å². The third-order valence-corrected chi connectivity index (χ3v) is 4.23. The van der Waals surface area contributed by atoms with Gasteiger partial charge in [0.2, 0.25) is 0 Å². The summed E-state index contributed by atoms with van der Waals surface area (Å²) in [6.07, 6.45) is 3.65. The first-order valence-corrected chi connectivity index (χ1v) is 9.21. The molecule has 0 saturated heterocycles. The predicted molar refractivity (Wildman–Crippen MR) is 103 cm³/mol. The highest BCUT2D eigenvalue weighted by atomic mass is 19.1. The Morgan fingerprint density at radius 1 is 1.25 bits per heavy atom. The number of benzene rings is 1. The summed E-state index contributed by atoms with van der Waals surface area (Å²) < 4.78 is 21.3. The largest absolute Gasteiger partial charge is 0.461 e. The molecule has 0 N–H and O–H groups in total. The first-order valence-electron chi connectivity index (χ1n) is 9.21. The molecular weight excluding hydrogens is 359 g/mol. The van der Waals surface area contributed by atoms with Crippen molar-refractivity contribution in [3.8, 4) is 5.69 Å². The topological polar surface area (TPSA) is 69.9 Å². The second kappa shape index (κ2) is 8.29. The highest BCUT2D eigenvalue weighted by molar-refractivity contribution is 5.87. The summed E-state index contributed by atoms with van der Waals surface area (Å²) in [4.78, 5) is 25.1. The molecule has 0 fully saturated rings. The van der Waals surface area contributed by atoms with Gasteiger partial charge in [0.1, 0.15) is 11.6 Å². The Bertz CT molecular complexity index is 998. The summed E-state index contributed by atoms with van der Waals surface area (Å²) >= 11 is 0. The minimum absolute atomic E-state index is 0.124. The van der Waals surface area contributed by atoms with Crippen molar-refractivity contribution in [3.63, 3.8) is 0 Å². The molecule has 0 unspecified atom stereocenters. The summed E-state index contributed by atoms with van der Waals surface area (Å²) in [5, 5.41) is 0. The molecule has 28 heavy (non-hydrogen) atoms. The predicted octanol–water partition coefficient (Wildman–Crippen LogP) is 4.00. The molecule has 3 aromatic rings. The monoisotopic (exact) mass is 382 g/mol. The minimum atomic E-state index is -0.481. The van der Waals surface area contributed by atoms with E-state index in [4.69, 9.17) is 4.74 Å². The average Bonchev–Trinajstić information content (AvgIpc) is 3.07. The normalized spacial score (nSPS) is 11.1. The van der Waals surface area contributed by atoms with Gasteiger partial charge in [-0.2, -0.15) is 0 Å². The molecule has 0 atom stereocenters. The molecule has 7 heteroatoms. The van der Waals surface area contributed by atoms with Crippen LogP contribution in [-0.2, 0) is 11.2 Å². The molecule has 2 aromatic heterocycles. The smallest absolute Gasteiger partial charge is 0.357 e. The molecule has 0 aliphatic carbocycles. The molecule has 2 heterocycles. The number of nitrogens with zero attached hydrogens (tertiary/aromatic N) is 4. The number of hydrogen-bond acceptors (Lipinski definition) is 5. The van der Waals surface area contributed by atoms with E-state index in [2.05, 4.69) is 15.0 Å². The van der Waals surface area contributed by atoms with E-state index in [0.717, 1.165) is 11.4 Å². The van der Waals surface area contributed by atoms with Crippen LogP contribution in [0.15, 0.2) is 36.8 Å². The Kier molecular flexibility index (Phi) is 5.82. The van der Waals surface area contributed by atoms with Crippen LogP contribution in [0.2, 0.25) is 0 Å². The quantitative estimate of drug-likeness (QED) is 0.603. The first kappa shape index (κ1) is 19.7. The molecule has 0 radical (unpaired) electrons. The second-order valence-corrected chi connectivity index (χ2v) is 6.85. The zero-order valence-corrected chi connectivity index (χ0v) is 16.4. The van der Waals surface area contributed by atoms with Crippen LogP contribution in [-0.4, -0.2) is 32.1 Å². The molecule has 0 aliphatic heterocycles. The van der Waals surface area contributed by atoms with Crippen molar-refractivity contribution >= 4 is 5.97 Å². The van der Waals surface area contributed by atoms with Crippen LogP contribution >= 0.6 is 0 Å². The van der Waals surface area contributed by atoms with Gasteiger partial charge < -0.3 is 9.30 Å². The summed E-state index contributed by atoms with van der Waals surface area (Å²) in [5.74, 6) is -0.260. The van der Waals surface area contributed by atoms with Crippen molar-refractivity contribution in [2.24, 2.45) is 0 Å². The van der Waals surface area contributed by atoms with Crippen LogP contribution in [0, 0.1) is 12.7 Å². The minimum Gasteiger partial charge on any atom is -0.461 e. The molecule has 6 nitrogen and oxygen atoms in total. The lowest BCUT2D eigenvalue weighted by atomic mass is 10.1. The maximum absolute atomic E-state index is 14.6. The Balaban J connectivity index is 1.90. The Hall–Kier alpha value is -3.09. The number of carbonyl (C=O) groups excluding carboxylic acids is 1. The van der Waals surface area contributed by atoms with Crippen LogP contribution in [0.5, 0.6) is 0 Å². The highest BCUT2D eigenvalue weighted by Crippen LogP contribution is 2.19. The molecule has 0 amide bonds. The van der Waals surface area contributed by atoms with Crippen LogP contribution in [0.25, 0.3) is 5.69 Å². The van der Waals surface area contributed by atoms with Crippen molar-refractivity contribution in [2.75, 3.05) is 6.61 Å². The van der Waals surface area contributed by atoms with Gasteiger partial charge in [-0.3, -0.25) is 0 Å². The third kappa shape index (κ3) is 4.42. The van der Waals surface area contributed by atoms with Crippen LogP contribution in [0.4, 0.5) is 4.39 Å². The first-order chi connectivity index (χ1) is 13.4. The van der Waals surface area contributed by atoms with Gasteiger partial charge in [-0.15, -0.1) is 0 Å². The van der Waals surface area contributed by atoms with Crippen LogP contribution in [0.3, 0.4) is 0 Å². The lowest BCUT2D eigenvalue weighted by Gasteiger charge is -2.11. The number of aryl methyl sites for hydroxylation is 1. The Labute approximate surface area is 163 Å². The fourth-order valence-electron chi connectivity index (χ4n) is 2.81. The summed E-state index contributed by atoms with van der Waals surface area (Å²) in [6.45, 7) is 7.85. The van der Waals surface area contributed by atoms with Gasteiger partial charge in [-0.25, -0.2) is 24.1 Å². The number of rotatable bonds is 6. The molecule has 0 saturated carbocycles. The number of aromatic nitrogens is 4. The van der Waals surface area contributed by atoms with E-state index < -0.39 is 5.97 Å². The van der Waals surface area contributed by atoms with Gasteiger partial charge in [-0.05, 0) is 43.5 Å². The van der Waals surface area contributed by atoms with Gasteiger partial charge in [0, 0.05) is 18.3 Å². The third-order valence-electron chi connectivity index (χ3n) is 4.23. The summed E-state index contributed by atoms with van der Waals surface area (Å²) in [6, 6.07) is 6.63. The lowest BCUT2D eigenvalue weighted by Crippen LogP contribution is -2.12. The van der Waals surface area contributed by atoms with Crippen molar-refractivity contribution in [1.29, 1.82) is 0 Å². The number of hydrogen-bond donors (Lipinski definition) is 0. The number of imidazole rings is 1. The number of ether oxygens (including phenoxy) is 1. The van der Waals surface area contributed by atoms with E-state index in [1.54, 1.807) is 36.1 Å². The zero-order valence-electron chi connectivity index (χ0n) is 16.4. The van der Waals surface area contributed by atoms with Crippen molar-refractivity contribution in [1.82, 2.24) is 19.5 Å². The highest BCUT2D eigenvalue weighted by Gasteiger charge is 2.15. The van der Waals surface area contributed by atoms with Crippen molar-refractivity contribution < 1.29 is 13.9 Å². The number of halogens is 1. The molecular formula is C21H23FN4O2. The van der Waals surface area contributed by atoms with Gasteiger partial charge in [-0.1, -0.05) is 19.9 Å². The maximum Gasteiger partial charge on any atom is 0.357 e. The summed E-state index contributed by atoms with van der Waals surface area (Å²) in [5.41, 5.74) is 2.93. The second-order valence-electron chi connectivity index (χ2n) is 6.85. The Morgan fingerprint density at radius 3 is 2.64 bits per heavy atom. The fraction of sp³-hybridized carbons (Fsp3) is 0.333. The molecule has 0 bridgehead atoms. The van der Waals surface area contributed by atoms with Gasteiger partial charge in [0.15, 0.2) is 5.69 Å². The van der Waals surface area contributed by atoms with E-state index in [1.807, 2.05) is 26.8 Å². The van der Waals surface area contributed by atoms with Crippen LogP contribution in [0.1, 0.15) is 60.0 Å². The molecule has 0 spiro atoms. The fourth-order valence-corrected chi connectivity index (χ4v) is 2.81. The summed E-state index contributed by atoms with van der Waals surface area (Å²) in [7, 11) is 0. The Morgan fingerprint density at radius 2 is 2.04 bits per heavy atom. The van der Waals surface area contributed by atoms with Gasteiger partial charge in [0.05, 0.1) is 24.3 Å². The van der Waals surface area contributed by atoms with E-state index in [9.17, 15) is 9.18 Å². The zero-order chi connectivity index (χ0) is 20.3. The average molecular weight is 382 g/mol. The molecule has 146 valence electrons. The maximum atomic E-state index is 14.6. The van der Waals surface area contributed by atoms with E-state index >= 15 is 0 Å². The van der Waals surface area contributed by atoms with E-state index in [-0.39, 0.29) is 24.0 Å².